The van der Waals surface area contributed by atoms with Crippen LogP contribution in [0.2, 0.25) is 5.02 Å². The molecule has 138 valence electrons. The molecule has 1 spiro atoms. The summed E-state index contributed by atoms with van der Waals surface area (Å²) in [5, 5.41) is 0.755. The third-order valence-corrected chi connectivity index (χ3v) is 5.99. The number of benzene rings is 1. The first kappa shape index (κ1) is 18.7. The van der Waals surface area contributed by atoms with Crippen molar-refractivity contribution in [2.24, 2.45) is 10.8 Å². The van der Waals surface area contributed by atoms with E-state index < -0.39 is 0 Å². The third-order valence-electron chi connectivity index (χ3n) is 5.74. The minimum Gasteiger partial charge on any atom is -0.378 e. The lowest BCUT2D eigenvalue weighted by Crippen LogP contribution is -2.45. The van der Waals surface area contributed by atoms with Crippen LogP contribution in [-0.4, -0.2) is 36.6 Å². The molecule has 1 aliphatic carbocycles. The molecule has 1 saturated heterocycles. The summed E-state index contributed by atoms with van der Waals surface area (Å²) in [6.07, 6.45) is 5.29. The van der Waals surface area contributed by atoms with Crippen LogP contribution < -0.4 is 0 Å². The second-order valence-corrected chi connectivity index (χ2v) is 9.13. The maximum absolute atomic E-state index is 12.8. The van der Waals surface area contributed by atoms with Crippen LogP contribution in [0.15, 0.2) is 24.3 Å². The number of nitrogens with zero attached hydrogens (tertiary/aromatic N) is 1. The van der Waals surface area contributed by atoms with Gasteiger partial charge in [0.2, 0.25) is 5.91 Å². The van der Waals surface area contributed by atoms with Crippen LogP contribution in [0.1, 0.15) is 52.0 Å². The highest BCUT2D eigenvalue weighted by Crippen LogP contribution is 2.49. The fourth-order valence-corrected chi connectivity index (χ4v) is 4.61. The molecule has 0 unspecified atom stereocenters. The number of ether oxygens (including phenoxy) is 1. The Balaban J connectivity index is 1.51. The zero-order valence-corrected chi connectivity index (χ0v) is 16.4. The van der Waals surface area contributed by atoms with Crippen molar-refractivity contribution in [2.75, 3.05) is 19.7 Å². The summed E-state index contributed by atoms with van der Waals surface area (Å²) >= 11 is 5.96. The van der Waals surface area contributed by atoms with Crippen LogP contribution in [0.4, 0.5) is 0 Å². The van der Waals surface area contributed by atoms with Gasteiger partial charge in [0, 0.05) is 31.1 Å². The summed E-state index contributed by atoms with van der Waals surface area (Å²) in [7, 11) is 0. The number of carbonyl (C=O) groups excluding carboxylic acids is 1. The number of amides is 1. The quantitative estimate of drug-likeness (QED) is 0.732. The highest BCUT2D eigenvalue weighted by atomic mass is 35.5. The number of halogens is 1. The monoisotopic (exact) mass is 363 g/mol. The van der Waals surface area contributed by atoms with Gasteiger partial charge in [0.15, 0.2) is 0 Å². The Bertz CT molecular complexity index is 605. The Hall–Kier alpha value is -1.06. The topological polar surface area (TPSA) is 29.5 Å². The number of hydrogen-bond donors (Lipinski definition) is 0. The molecule has 0 radical (unpaired) electrons. The van der Waals surface area contributed by atoms with Gasteiger partial charge in [-0.1, -0.05) is 37.6 Å². The van der Waals surface area contributed by atoms with Gasteiger partial charge in [-0.15, -0.1) is 0 Å². The van der Waals surface area contributed by atoms with E-state index in [1.807, 2.05) is 12.1 Å². The molecule has 1 aliphatic heterocycles. The molecule has 1 amide bonds. The molecular formula is C21H30ClNO2. The molecule has 3 nitrogen and oxygen atoms in total. The Morgan fingerprint density at radius 2 is 2.00 bits per heavy atom. The van der Waals surface area contributed by atoms with Crippen molar-refractivity contribution in [3.63, 3.8) is 0 Å². The summed E-state index contributed by atoms with van der Waals surface area (Å²) in [4.78, 5) is 14.9. The lowest BCUT2D eigenvalue weighted by molar-refractivity contribution is -0.134. The largest absolute Gasteiger partial charge is 0.378 e. The van der Waals surface area contributed by atoms with Gasteiger partial charge in [0.05, 0.1) is 6.10 Å². The van der Waals surface area contributed by atoms with Gasteiger partial charge in [-0.3, -0.25) is 4.79 Å². The Morgan fingerprint density at radius 1 is 1.32 bits per heavy atom. The Morgan fingerprint density at radius 3 is 2.64 bits per heavy atom. The smallest absolute Gasteiger partial charge is 0.223 e. The summed E-state index contributed by atoms with van der Waals surface area (Å²) in [5.74, 6) is 0.302. The molecule has 25 heavy (non-hydrogen) atoms. The molecule has 1 heterocycles. The molecule has 4 heteroatoms. The van der Waals surface area contributed by atoms with Crippen molar-refractivity contribution in [3.05, 3.63) is 34.9 Å². The third kappa shape index (κ3) is 4.57. The van der Waals surface area contributed by atoms with Crippen LogP contribution in [0.5, 0.6) is 0 Å². The van der Waals surface area contributed by atoms with Crippen molar-refractivity contribution in [1.29, 1.82) is 0 Å². The van der Waals surface area contributed by atoms with E-state index in [1.54, 1.807) is 0 Å². The number of carbonyl (C=O) groups is 1. The lowest BCUT2D eigenvalue weighted by atomic mass is 9.66. The summed E-state index contributed by atoms with van der Waals surface area (Å²) < 4.78 is 5.70. The van der Waals surface area contributed by atoms with Crippen LogP contribution >= 0.6 is 11.6 Å². The van der Waals surface area contributed by atoms with Crippen molar-refractivity contribution >= 4 is 17.5 Å². The standard InChI is InChI=1S/C21H30ClNO2/c1-4-25-18-12-21(13-18)9-10-23(15-21)19(24)14-20(2,3)11-16-5-7-17(22)8-6-16/h5-8,18H,4,9-15H2,1-3H3. The van der Waals surface area contributed by atoms with Crippen LogP contribution in [0, 0.1) is 10.8 Å². The first-order valence-corrected chi connectivity index (χ1v) is 9.82. The van der Waals surface area contributed by atoms with Crippen molar-refractivity contribution in [3.8, 4) is 0 Å². The van der Waals surface area contributed by atoms with E-state index in [1.165, 1.54) is 5.56 Å². The zero-order valence-electron chi connectivity index (χ0n) is 15.7. The van der Waals surface area contributed by atoms with Gasteiger partial charge < -0.3 is 9.64 Å². The second-order valence-electron chi connectivity index (χ2n) is 8.70. The highest BCUT2D eigenvalue weighted by Gasteiger charge is 2.49. The zero-order chi connectivity index (χ0) is 18.1. The van der Waals surface area contributed by atoms with Gasteiger partial charge in [0.1, 0.15) is 0 Å². The van der Waals surface area contributed by atoms with E-state index >= 15 is 0 Å². The Labute approximate surface area is 156 Å². The molecule has 2 aliphatic rings. The fourth-order valence-electron chi connectivity index (χ4n) is 4.48. The first-order valence-electron chi connectivity index (χ1n) is 9.45. The van der Waals surface area contributed by atoms with Gasteiger partial charge in [-0.2, -0.15) is 0 Å². The second kappa shape index (κ2) is 7.28. The highest BCUT2D eigenvalue weighted by molar-refractivity contribution is 6.30. The normalized spacial score (nSPS) is 26.1. The predicted octanol–water partition coefficient (Wildman–Crippen LogP) is 4.72. The summed E-state index contributed by atoms with van der Waals surface area (Å²) in [6.45, 7) is 9.04. The first-order chi connectivity index (χ1) is 11.8. The van der Waals surface area contributed by atoms with Crippen molar-refractivity contribution in [1.82, 2.24) is 4.90 Å². The number of hydrogen-bond acceptors (Lipinski definition) is 2. The lowest BCUT2D eigenvalue weighted by Gasteiger charge is -2.44. The van der Waals surface area contributed by atoms with Crippen LogP contribution in [0.25, 0.3) is 0 Å². The minimum atomic E-state index is -0.0475. The van der Waals surface area contributed by atoms with E-state index in [9.17, 15) is 4.79 Å². The maximum atomic E-state index is 12.8. The summed E-state index contributed by atoms with van der Waals surface area (Å²) in [5.41, 5.74) is 1.53. The average Bonchev–Trinajstić information content (AvgIpc) is 2.94. The SMILES string of the molecule is CCOC1CC2(CCN(C(=O)CC(C)(C)Cc3ccc(Cl)cc3)C2)C1. The molecular weight excluding hydrogens is 334 g/mol. The molecule has 1 aromatic rings. The minimum absolute atomic E-state index is 0.0475. The summed E-state index contributed by atoms with van der Waals surface area (Å²) in [6, 6.07) is 7.96. The van der Waals surface area contributed by atoms with E-state index in [2.05, 4.69) is 37.8 Å². The van der Waals surface area contributed by atoms with Gasteiger partial charge in [0.25, 0.3) is 0 Å². The fraction of sp³-hybridized carbons (Fsp3) is 0.667. The molecule has 0 N–H and O–H groups in total. The molecule has 0 bridgehead atoms. The molecule has 3 rings (SSSR count). The van der Waals surface area contributed by atoms with Crippen molar-refractivity contribution in [2.45, 2.75) is 59.0 Å². The molecule has 0 aromatic heterocycles. The molecule has 2 fully saturated rings. The molecule has 0 atom stereocenters. The Kier molecular flexibility index (Phi) is 5.45. The number of likely N-dealkylation sites (tertiary alicyclic amines) is 1. The van der Waals surface area contributed by atoms with Crippen molar-refractivity contribution < 1.29 is 9.53 Å². The van der Waals surface area contributed by atoms with Gasteiger partial charge in [-0.25, -0.2) is 0 Å². The molecule has 1 aromatic carbocycles. The maximum Gasteiger partial charge on any atom is 0.223 e. The average molecular weight is 364 g/mol. The van der Waals surface area contributed by atoms with Crippen LogP contribution in [0.3, 0.4) is 0 Å². The van der Waals surface area contributed by atoms with Gasteiger partial charge >= 0.3 is 0 Å². The molecule has 1 saturated carbocycles. The van der Waals surface area contributed by atoms with Gasteiger partial charge in [-0.05, 0) is 61.1 Å². The van der Waals surface area contributed by atoms with Crippen LogP contribution in [-0.2, 0) is 16.0 Å². The van der Waals surface area contributed by atoms with E-state index in [4.69, 9.17) is 16.3 Å². The number of rotatable bonds is 6. The van der Waals surface area contributed by atoms with E-state index in [0.29, 0.717) is 23.8 Å². The van der Waals surface area contributed by atoms with E-state index in [0.717, 1.165) is 50.4 Å². The van der Waals surface area contributed by atoms with E-state index in [-0.39, 0.29) is 5.41 Å². The predicted molar refractivity (Wildman–Crippen MR) is 102 cm³/mol.